The second-order valence-electron chi connectivity index (χ2n) is 6.38. The maximum atomic E-state index is 12.9. The van der Waals surface area contributed by atoms with E-state index in [2.05, 4.69) is 21.2 Å². The topological polar surface area (TPSA) is 124 Å². The fourth-order valence-corrected chi connectivity index (χ4v) is 6.97. The van der Waals surface area contributed by atoms with E-state index in [0.29, 0.717) is 17.9 Å². The molecule has 1 saturated heterocycles. The Morgan fingerprint density at radius 3 is 2.48 bits per heavy atom. The number of carboxylic acid groups (broad SMARTS) is 1. The molecule has 156 valence electrons. The van der Waals surface area contributed by atoms with E-state index in [1.54, 1.807) is 0 Å². The number of phenolic OH excluding ortho intramolecular Hbond substituents is 1. The van der Waals surface area contributed by atoms with E-state index in [9.17, 15) is 23.1 Å². The molecule has 3 rings (SSSR count). The van der Waals surface area contributed by atoms with E-state index in [0.717, 1.165) is 17.4 Å². The van der Waals surface area contributed by atoms with Crippen LogP contribution < -0.4 is 5.32 Å². The molecule has 0 atom stereocenters. The molecule has 0 unspecified atom stereocenters. The summed E-state index contributed by atoms with van der Waals surface area (Å²) in [5.41, 5.74) is 0.195. The molecule has 2 aromatic rings. The predicted molar refractivity (Wildman–Crippen MR) is 112 cm³/mol. The van der Waals surface area contributed by atoms with E-state index < -0.39 is 21.9 Å². The first-order valence-electron chi connectivity index (χ1n) is 8.41. The van der Waals surface area contributed by atoms with Gasteiger partial charge in [-0.25, -0.2) is 13.2 Å². The van der Waals surface area contributed by atoms with Crippen molar-refractivity contribution < 1.29 is 28.2 Å². The van der Waals surface area contributed by atoms with Gasteiger partial charge in [0.05, 0.1) is 9.47 Å². The third-order valence-corrected chi connectivity index (χ3v) is 8.90. The second-order valence-corrected chi connectivity index (χ2v) is 11.1. The lowest BCUT2D eigenvalue weighted by Crippen LogP contribution is -2.41. The molecule has 0 bridgehead atoms. The van der Waals surface area contributed by atoms with Gasteiger partial charge in [-0.3, -0.25) is 4.79 Å². The second kappa shape index (κ2) is 8.60. The first-order valence-corrected chi connectivity index (χ1v) is 11.8. The average Bonchev–Trinajstić information content (AvgIpc) is 3.07. The van der Waals surface area contributed by atoms with E-state index in [1.165, 1.54) is 22.5 Å². The SMILES string of the molecule is O=C(O)c1cc(S(=O)(=O)N2CCC(C(=O)Nc3cc(Cl)ccc3O)CC2)c(Br)s1. The van der Waals surface area contributed by atoms with Crippen LogP contribution in [0.3, 0.4) is 0 Å². The maximum Gasteiger partial charge on any atom is 0.345 e. The van der Waals surface area contributed by atoms with Gasteiger partial charge in [0.1, 0.15) is 15.5 Å². The largest absolute Gasteiger partial charge is 0.506 e. The molecular weight excluding hydrogens is 508 g/mol. The molecule has 2 heterocycles. The molecule has 0 saturated carbocycles. The van der Waals surface area contributed by atoms with Crippen molar-refractivity contribution in [3.05, 3.63) is 38.0 Å². The molecule has 29 heavy (non-hydrogen) atoms. The Balaban J connectivity index is 1.67. The summed E-state index contributed by atoms with van der Waals surface area (Å²) < 4.78 is 27.2. The number of carboxylic acids is 1. The van der Waals surface area contributed by atoms with Gasteiger partial charge in [-0.2, -0.15) is 4.31 Å². The molecule has 1 amide bonds. The van der Waals surface area contributed by atoms with E-state index in [4.69, 9.17) is 16.7 Å². The number of thiophene rings is 1. The number of sulfonamides is 1. The average molecular weight is 524 g/mol. The number of aromatic hydroxyl groups is 1. The van der Waals surface area contributed by atoms with Crippen LogP contribution in [-0.4, -0.2) is 47.9 Å². The first-order chi connectivity index (χ1) is 13.6. The van der Waals surface area contributed by atoms with Crippen LogP contribution in [0.25, 0.3) is 0 Å². The summed E-state index contributed by atoms with van der Waals surface area (Å²) in [7, 11) is -3.88. The van der Waals surface area contributed by atoms with Crippen molar-refractivity contribution in [1.82, 2.24) is 4.31 Å². The summed E-state index contributed by atoms with van der Waals surface area (Å²) in [5.74, 6) is -2.07. The van der Waals surface area contributed by atoms with Gasteiger partial charge in [-0.15, -0.1) is 11.3 Å². The number of hydrogen-bond donors (Lipinski definition) is 3. The van der Waals surface area contributed by atoms with Crippen LogP contribution in [0.1, 0.15) is 22.5 Å². The number of benzene rings is 1. The zero-order valence-electron chi connectivity index (χ0n) is 14.8. The van der Waals surface area contributed by atoms with Crippen LogP contribution in [0.4, 0.5) is 5.69 Å². The van der Waals surface area contributed by atoms with Gasteiger partial charge >= 0.3 is 5.97 Å². The molecule has 1 aliphatic heterocycles. The van der Waals surface area contributed by atoms with Crippen molar-refractivity contribution in [3.8, 4) is 5.75 Å². The number of halogens is 2. The predicted octanol–water partition coefficient (Wildman–Crippen LogP) is 3.61. The highest BCUT2D eigenvalue weighted by Crippen LogP contribution is 2.35. The number of hydrogen-bond acceptors (Lipinski definition) is 6. The number of amides is 1. The Labute approximate surface area is 184 Å². The van der Waals surface area contributed by atoms with Crippen LogP contribution in [-0.2, 0) is 14.8 Å². The Morgan fingerprint density at radius 2 is 1.90 bits per heavy atom. The van der Waals surface area contributed by atoms with Gasteiger partial charge in [-0.05, 0) is 53.0 Å². The highest BCUT2D eigenvalue weighted by Gasteiger charge is 2.34. The summed E-state index contributed by atoms with van der Waals surface area (Å²) in [6.45, 7) is 0.235. The molecule has 1 aromatic heterocycles. The number of carbonyl (C=O) groups is 2. The number of carbonyl (C=O) groups excluding carboxylic acids is 1. The minimum Gasteiger partial charge on any atom is -0.506 e. The summed E-state index contributed by atoms with van der Waals surface area (Å²) in [6.07, 6.45) is 0.583. The van der Waals surface area contributed by atoms with Crippen molar-refractivity contribution in [2.24, 2.45) is 5.92 Å². The lowest BCUT2D eigenvalue weighted by atomic mass is 9.97. The number of piperidine rings is 1. The van der Waals surface area contributed by atoms with Crippen LogP contribution in [0.2, 0.25) is 5.02 Å². The highest BCUT2D eigenvalue weighted by atomic mass is 79.9. The lowest BCUT2D eigenvalue weighted by molar-refractivity contribution is -0.120. The molecule has 0 radical (unpaired) electrons. The Kier molecular flexibility index (Phi) is 6.54. The number of phenols is 1. The summed E-state index contributed by atoms with van der Waals surface area (Å²) in [4.78, 5) is 23.4. The van der Waals surface area contributed by atoms with Gasteiger partial charge < -0.3 is 15.5 Å². The monoisotopic (exact) mass is 522 g/mol. The van der Waals surface area contributed by atoms with E-state index >= 15 is 0 Å². The number of nitrogens with one attached hydrogen (secondary N) is 1. The molecule has 0 spiro atoms. The number of anilines is 1. The zero-order valence-corrected chi connectivity index (χ0v) is 18.7. The molecular formula is C17H16BrClN2O6S2. The van der Waals surface area contributed by atoms with Crippen molar-refractivity contribution in [2.45, 2.75) is 17.7 Å². The summed E-state index contributed by atoms with van der Waals surface area (Å²) in [5, 5.41) is 21.9. The molecule has 0 aliphatic carbocycles. The van der Waals surface area contributed by atoms with Gasteiger partial charge in [0.2, 0.25) is 15.9 Å². The molecule has 8 nitrogen and oxygen atoms in total. The molecule has 3 N–H and O–H groups in total. The molecule has 1 aromatic carbocycles. The molecule has 1 fully saturated rings. The fourth-order valence-electron chi connectivity index (χ4n) is 2.97. The lowest BCUT2D eigenvalue weighted by Gasteiger charge is -2.30. The van der Waals surface area contributed by atoms with Crippen molar-refractivity contribution >= 4 is 66.5 Å². The minimum absolute atomic E-state index is 0.0777. The van der Waals surface area contributed by atoms with Crippen LogP contribution >= 0.6 is 38.9 Å². The summed E-state index contributed by atoms with van der Waals surface area (Å²) in [6, 6.07) is 5.43. The van der Waals surface area contributed by atoms with Gasteiger partial charge in [-0.1, -0.05) is 11.6 Å². The number of aromatic carboxylic acids is 1. The summed E-state index contributed by atoms with van der Waals surface area (Å²) >= 11 is 9.83. The Morgan fingerprint density at radius 1 is 1.24 bits per heavy atom. The van der Waals surface area contributed by atoms with Crippen LogP contribution in [0.5, 0.6) is 5.75 Å². The Bertz CT molecular complexity index is 1060. The van der Waals surface area contributed by atoms with Gasteiger partial charge in [0.15, 0.2) is 0 Å². The Hall–Kier alpha value is -1.66. The first kappa shape index (κ1) is 22.0. The smallest absolute Gasteiger partial charge is 0.345 e. The standard InChI is InChI=1S/C17H16BrClN2O6S2/c18-15-14(8-13(28-15)17(24)25)29(26,27)21-5-3-9(4-6-21)16(23)20-11-7-10(19)1-2-12(11)22/h1-2,7-9,22H,3-6H2,(H,20,23)(H,24,25). The van der Waals surface area contributed by atoms with E-state index in [-0.39, 0.29) is 44.0 Å². The van der Waals surface area contributed by atoms with Gasteiger partial charge in [0.25, 0.3) is 0 Å². The fraction of sp³-hybridized carbons (Fsp3) is 0.294. The maximum absolute atomic E-state index is 12.9. The quantitative estimate of drug-likeness (QED) is 0.514. The zero-order chi connectivity index (χ0) is 21.3. The van der Waals surface area contributed by atoms with Crippen molar-refractivity contribution in [2.75, 3.05) is 18.4 Å². The third-order valence-electron chi connectivity index (χ3n) is 4.53. The van der Waals surface area contributed by atoms with Crippen molar-refractivity contribution in [3.63, 3.8) is 0 Å². The number of nitrogens with zero attached hydrogens (tertiary/aromatic N) is 1. The normalized spacial score (nSPS) is 15.9. The molecule has 12 heteroatoms. The van der Waals surface area contributed by atoms with Crippen LogP contribution in [0, 0.1) is 5.92 Å². The van der Waals surface area contributed by atoms with Gasteiger partial charge in [0, 0.05) is 24.0 Å². The van der Waals surface area contributed by atoms with Crippen molar-refractivity contribution in [1.29, 1.82) is 0 Å². The highest BCUT2D eigenvalue weighted by molar-refractivity contribution is 9.11. The van der Waals surface area contributed by atoms with Crippen LogP contribution in [0.15, 0.2) is 32.9 Å². The number of rotatable bonds is 5. The molecule has 1 aliphatic rings. The minimum atomic E-state index is -3.88. The van der Waals surface area contributed by atoms with E-state index in [1.807, 2.05) is 0 Å². The third kappa shape index (κ3) is 4.75.